The quantitative estimate of drug-likeness (QED) is 0.479. The van der Waals surface area contributed by atoms with E-state index in [1.54, 1.807) is 49.4 Å². The molecule has 0 spiro atoms. The van der Waals surface area contributed by atoms with Crippen molar-refractivity contribution in [3.8, 4) is 0 Å². The maximum Gasteiger partial charge on any atom is 0.255 e. The van der Waals surface area contributed by atoms with Gasteiger partial charge in [-0.3, -0.25) is 14.4 Å². The molecule has 0 radical (unpaired) electrons. The van der Waals surface area contributed by atoms with Crippen molar-refractivity contribution in [3.05, 3.63) is 101 Å². The van der Waals surface area contributed by atoms with E-state index in [0.29, 0.717) is 17.3 Å². The standard InChI is InChI=1S/C25H23F2N3O3/c1-16(18-8-5-9-20(14-18)30-24(32)17-6-3-2-4-7-17)29-23(31)12-13-28-25(33)21-11-10-19(26)15-22(21)27/h2-11,14-16H,12-13H2,1H3,(H,28,33)(H,29,31)(H,30,32). The summed E-state index contributed by atoms with van der Waals surface area (Å²) >= 11 is 0. The minimum absolute atomic E-state index is 0.0125. The molecule has 170 valence electrons. The van der Waals surface area contributed by atoms with Gasteiger partial charge in [0.2, 0.25) is 5.91 Å². The highest BCUT2D eigenvalue weighted by Gasteiger charge is 2.14. The third kappa shape index (κ3) is 6.70. The fourth-order valence-electron chi connectivity index (χ4n) is 3.13. The second-order valence-corrected chi connectivity index (χ2v) is 7.36. The highest BCUT2D eigenvalue weighted by Crippen LogP contribution is 2.18. The lowest BCUT2D eigenvalue weighted by molar-refractivity contribution is -0.121. The molecule has 3 amide bonds. The van der Waals surface area contributed by atoms with Crippen LogP contribution in [0, 0.1) is 11.6 Å². The maximum absolute atomic E-state index is 13.6. The van der Waals surface area contributed by atoms with Crippen LogP contribution in [0.2, 0.25) is 0 Å². The molecule has 0 bridgehead atoms. The van der Waals surface area contributed by atoms with E-state index in [4.69, 9.17) is 0 Å². The van der Waals surface area contributed by atoms with Gasteiger partial charge in [0, 0.05) is 30.3 Å². The summed E-state index contributed by atoms with van der Waals surface area (Å²) in [5.41, 5.74) is 1.62. The van der Waals surface area contributed by atoms with E-state index in [-0.39, 0.29) is 36.4 Å². The van der Waals surface area contributed by atoms with Crippen molar-refractivity contribution in [2.24, 2.45) is 0 Å². The summed E-state index contributed by atoms with van der Waals surface area (Å²) in [5.74, 6) is -3.03. The molecule has 0 aliphatic rings. The van der Waals surface area contributed by atoms with Gasteiger partial charge < -0.3 is 16.0 Å². The molecule has 33 heavy (non-hydrogen) atoms. The summed E-state index contributed by atoms with van der Waals surface area (Å²) in [4.78, 5) is 36.6. The van der Waals surface area contributed by atoms with Gasteiger partial charge in [-0.1, -0.05) is 30.3 Å². The molecule has 0 saturated carbocycles. The van der Waals surface area contributed by atoms with E-state index in [1.807, 2.05) is 12.1 Å². The van der Waals surface area contributed by atoms with Crippen molar-refractivity contribution in [2.75, 3.05) is 11.9 Å². The van der Waals surface area contributed by atoms with Gasteiger partial charge in [0.1, 0.15) is 11.6 Å². The van der Waals surface area contributed by atoms with Crippen molar-refractivity contribution >= 4 is 23.4 Å². The third-order valence-corrected chi connectivity index (χ3v) is 4.87. The van der Waals surface area contributed by atoms with Gasteiger partial charge in [0.25, 0.3) is 11.8 Å². The molecule has 3 aromatic carbocycles. The van der Waals surface area contributed by atoms with Crippen molar-refractivity contribution in [1.29, 1.82) is 0 Å². The van der Waals surface area contributed by atoms with Crippen LogP contribution in [0.4, 0.5) is 14.5 Å². The van der Waals surface area contributed by atoms with Gasteiger partial charge in [-0.15, -0.1) is 0 Å². The van der Waals surface area contributed by atoms with E-state index in [1.165, 1.54) is 0 Å². The van der Waals surface area contributed by atoms with Crippen molar-refractivity contribution in [2.45, 2.75) is 19.4 Å². The first-order valence-electron chi connectivity index (χ1n) is 10.3. The minimum atomic E-state index is -0.968. The Balaban J connectivity index is 1.49. The number of hydrogen-bond acceptors (Lipinski definition) is 3. The van der Waals surface area contributed by atoms with E-state index in [9.17, 15) is 23.2 Å². The Labute approximate surface area is 190 Å². The molecule has 0 fully saturated rings. The Morgan fingerprint density at radius 2 is 1.64 bits per heavy atom. The molecule has 1 unspecified atom stereocenters. The second kappa shape index (κ2) is 11.0. The first kappa shape index (κ1) is 23.6. The molecular weight excluding hydrogens is 428 g/mol. The first-order chi connectivity index (χ1) is 15.8. The number of anilines is 1. The molecule has 0 aliphatic carbocycles. The zero-order valence-electron chi connectivity index (χ0n) is 17.9. The van der Waals surface area contributed by atoms with E-state index in [0.717, 1.165) is 17.7 Å². The minimum Gasteiger partial charge on any atom is -0.351 e. The molecule has 0 saturated heterocycles. The zero-order valence-corrected chi connectivity index (χ0v) is 17.9. The summed E-state index contributed by atoms with van der Waals surface area (Å²) in [6, 6.07) is 18.2. The van der Waals surface area contributed by atoms with Crippen LogP contribution in [0.25, 0.3) is 0 Å². The molecule has 8 heteroatoms. The van der Waals surface area contributed by atoms with Crippen molar-refractivity contribution in [3.63, 3.8) is 0 Å². The molecule has 3 aromatic rings. The summed E-state index contributed by atoms with van der Waals surface area (Å²) in [5, 5.41) is 8.08. The Kier molecular flexibility index (Phi) is 7.86. The Bertz CT molecular complexity index is 1150. The summed E-state index contributed by atoms with van der Waals surface area (Å²) in [6.07, 6.45) is -0.0245. The van der Waals surface area contributed by atoms with E-state index >= 15 is 0 Å². The topological polar surface area (TPSA) is 87.3 Å². The predicted octanol–water partition coefficient (Wildman–Crippen LogP) is 4.21. The van der Waals surface area contributed by atoms with E-state index < -0.39 is 17.5 Å². The van der Waals surface area contributed by atoms with Crippen LogP contribution in [0.1, 0.15) is 45.7 Å². The number of hydrogen-bond donors (Lipinski definition) is 3. The van der Waals surface area contributed by atoms with E-state index in [2.05, 4.69) is 16.0 Å². The lowest BCUT2D eigenvalue weighted by Gasteiger charge is -2.16. The van der Waals surface area contributed by atoms with Crippen LogP contribution in [-0.4, -0.2) is 24.3 Å². The molecule has 0 aromatic heterocycles. The van der Waals surface area contributed by atoms with Crippen molar-refractivity contribution < 1.29 is 23.2 Å². The van der Waals surface area contributed by atoms with Crippen LogP contribution in [-0.2, 0) is 4.79 Å². The van der Waals surface area contributed by atoms with Gasteiger partial charge in [-0.2, -0.15) is 0 Å². The number of nitrogens with one attached hydrogen (secondary N) is 3. The van der Waals surface area contributed by atoms with Gasteiger partial charge in [-0.25, -0.2) is 8.78 Å². The second-order valence-electron chi connectivity index (χ2n) is 7.36. The summed E-state index contributed by atoms with van der Waals surface area (Å²) < 4.78 is 26.6. The average molecular weight is 451 g/mol. The largest absolute Gasteiger partial charge is 0.351 e. The molecule has 0 heterocycles. The zero-order chi connectivity index (χ0) is 23.8. The average Bonchev–Trinajstić information content (AvgIpc) is 2.79. The lowest BCUT2D eigenvalue weighted by atomic mass is 10.1. The Morgan fingerprint density at radius 1 is 0.879 bits per heavy atom. The van der Waals surface area contributed by atoms with Crippen LogP contribution in [0.5, 0.6) is 0 Å². The fourth-order valence-corrected chi connectivity index (χ4v) is 3.13. The fraction of sp³-hybridized carbons (Fsp3) is 0.160. The van der Waals surface area contributed by atoms with Crippen LogP contribution in [0.15, 0.2) is 72.8 Å². The lowest BCUT2D eigenvalue weighted by Crippen LogP contribution is -2.32. The molecule has 3 rings (SSSR count). The number of rotatable bonds is 8. The maximum atomic E-state index is 13.6. The molecule has 6 nitrogen and oxygen atoms in total. The number of carbonyl (C=O) groups excluding carboxylic acids is 3. The van der Waals surface area contributed by atoms with Gasteiger partial charge in [0.15, 0.2) is 0 Å². The Morgan fingerprint density at radius 3 is 2.36 bits per heavy atom. The van der Waals surface area contributed by atoms with Crippen LogP contribution >= 0.6 is 0 Å². The summed E-state index contributed by atoms with van der Waals surface area (Å²) in [7, 11) is 0. The SMILES string of the molecule is CC(NC(=O)CCNC(=O)c1ccc(F)cc1F)c1cccc(NC(=O)c2ccccc2)c1. The molecule has 1 atom stereocenters. The molecular formula is C25H23F2N3O3. The van der Waals surface area contributed by atoms with Crippen LogP contribution in [0.3, 0.4) is 0 Å². The first-order valence-corrected chi connectivity index (χ1v) is 10.3. The highest BCUT2D eigenvalue weighted by atomic mass is 19.1. The van der Waals surface area contributed by atoms with Gasteiger partial charge in [0.05, 0.1) is 11.6 Å². The van der Waals surface area contributed by atoms with Crippen LogP contribution < -0.4 is 16.0 Å². The molecule has 3 N–H and O–H groups in total. The number of halogens is 2. The number of amides is 3. The number of carbonyl (C=O) groups is 3. The number of benzene rings is 3. The molecule has 0 aliphatic heterocycles. The van der Waals surface area contributed by atoms with Gasteiger partial charge >= 0.3 is 0 Å². The van der Waals surface area contributed by atoms with Crippen molar-refractivity contribution in [1.82, 2.24) is 10.6 Å². The summed E-state index contributed by atoms with van der Waals surface area (Å²) in [6.45, 7) is 1.78. The smallest absolute Gasteiger partial charge is 0.255 e. The van der Waals surface area contributed by atoms with Gasteiger partial charge in [-0.05, 0) is 48.9 Å². The monoisotopic (exact) mass is 451 g/mol. The Hall–Kier alpha value is -4.07. The normalized spacial score (nSPS) is 11.4. The predicted molar refractivity (Wildman–Crippen MR) is 121 cm³/mol. The third-order valence-electron chi connectivity index (χ3n) is 4.87. The highest BCUT2D eigenvalue weighted by molar-refractivity contribution is 6.04.